The number of nitrogens with zero attached hydrogens (tertiary/aromatic N) is 2. The van der Waals surface area contributed by atoms with Gasteiger partial charge in [-0.15, -0.1) is 12.4 Å². The Balaban J connectivity index is 0.00000616. The maximum Gasteiger partial charge on any atom is 0.409 e. The zero-order valence-corrected chi connectivity index (χ0v) is 26.5. The lowest BCUT2D eigenvalue weighted by Crippen LogP contribution is -2.54. The van der Waals surface area contributed by atoms with Crippen LogP contribution in [0.1, 0.15) is 49.5 Å². The van der Waals surface area contributed by atoms with Crippen LogP contribution in [0.25, 0.3) is 0 Å². The first-order chi connectivity index (χ1) is 19.9. The van der Waals surface area contributed by atoms with Crippen LogP contribution in [-0.2, 0) is 15.9 Å². The van der Waals surface area contributed by atoms with E-state index in [4.69, 9.17) is 18.9 Å². The average molecular weight is 606 g/mol. The Kier molecular flexibility index (Phi) is 15.5. The Morgan fingerprint density at radius 2 is 1.79 bits per heavy atom. The first kappa shape index (κ1) is 35.2. The molecule has 1 fully saturated rings. The van der Waals surface area contributed by atoms with Crippen LogP contribution < -0.4 is 14.8 Å². The number of carbonyl (C=O) groups excluding carboxylic acids is 2. The highest BCUT2D eigenvalue weighted by Gasteiger charge is 2.33. The van der Waals surface area contributed by atoms with Crippen molar-refractivity contribution in [1.82, 2.24) is 15.1 Å². The number of halogens is 1. The number of hydrogen-bond donors (Lipinski definition) is 1. The maximum atomic E-state index is 13.8. The quantitative estimate of drug-likeness (QED) is 0.284. The minimum Gasteiger partial charge on any atom is -0.493 e. The fourth-order valence-electron chi connectivity index (χ4n) is 5.19. The van der Waals surface area contributed by atoms with Crippen molar-refractivity contribution < 1.29 is 28.5 Å². The summed E-state index contributed by atoms with van der Waals surface area (Å²) in [5.74, 6) is 1.17. The van der Waals surface area contributed by atoms with Gasteiger partial charge >= 0.3 is 6.09 Å². The maximum absolute atomic E-state index is 13.8. The molecule has 234 valence electrons. The van der Waals surface area contributed by atoms with Crippen molar-refractivity contribution in [3.05, 3.63) is 59.7 Å². The third-order valence-corrected chi connectivity index (χ3v) is 7.36. The van der Waals surface area contributed by atoms with Crippen LogP contribution >= 0.6 is 12.4 Å². The van der Waals surface area contributed by atoms with Gasteiger partial charge in [0, 0.05) is 69.9 Å². The zero-order chi connectivity index (χ0) is 29.6. The molecule has 0 bridgehead atoms. The highest BCUT2D eigenvalue weighted by atomic mass is 35.5. The molecule has 2 atom stereocenters. The zero-order valence-electron chi connectivity index (χ0n) is 25.7. The number of ether oxygens (including phenoxy) is 4. The smallest absolute Gasteiger partial charge is 0.409 e. The third kappa shape index (κ3) is 10.4. The van der Waals surface area contributed by atoms with E-state index in [9.17, 15) is 9.59 Å². The molecule has 42 heavy (non-hydrogen) atoms. The Morgan fingerprint density at radius 3 is 2.45 bits per heavy atom. The van der Waals surface area contributed by atoms with Gasteiger partial charge in [0.1, 0.15) is 0 Å². The Hall–Kier alpha value is -3.01. The van der Waals surface area contributed by atoms with E-state index in [0.29, 0.717) is 56.5 Å². The second kappa shape index (κ2) is 18.5. The number of carbonyl (C=O) groups is 2. The Morgan fingerprint density at radius 1 is 1.02 bits per heavy atom. The van der Waals surface area contributed by atoms with Gasteiger partial charge in [-0.2, -0.15) is 0 Å². The van der Waals surface area contributed by atoms with Gasteiger partial charge < -0.3 is 34.1 Å². The summed E-state index contributed by atoms with van der Waals surface area (Å²) in [4.78, 5) is 30.3. The molecule has 1 unspecified atom stereocenters. The van der Waals surface area contributed by atoms with Crippen molar-refractivity contribution in [2.45, 2.75) is 52.1 Å². The molecule has 2 aromatic rings. The summed E-state index contributed by atoms with van der Waals surface area (Å²) in [7, 11) is 3.24. The van der Waals surface area contributed by atoms with Crippen molar-refractivity contribution in [3.63, 3.8) is 0 Å². The van der Waals surface area contributed by atoms with Gasteiger partial charge in [0.2, 0.25) is 0 Å². The van der Waals surface area contributed by atoms with Gasteiger partial charge in [-0.05, 0) is 57.4 Å². The number of amides is 2. The fraction of sp³-hybridized carbons (Fsp3) is 0.562. The molecule has 1 aliphatic rings. The highest BCUT2D eigenvalue weighted by Crippen LogP contribution is 2.30. The molecule has 0 radical (unpaired) electrons. The summed E-state index contributed by atoms with van der Waals surface area (Å²) in [6, 6.07) is 15.4. The molecule has 9 nitrogen and oxygen atoms in total. The summed E-state index contributed by atoms with van der Waals surface area (Å²) >= 11 is 0. The number of hydrogen-bond acceptors (Lipinski definition) is 7. The van der Waals surface area contributed by atoms with E-state index in [1.165, 1.54) is 5.56 Å². The van der Waals surface area contributed by atoms with E-state index in [-0.39, 0.29) is 42.4 Å². The van der Waals surface area contributed by atoms with Gasteiger partial charge in [0.05, 0.1) is 20.3 Å². The predicted molar refractivity (Wildman–Crippen MR) is 167 cm³/mol. The number of benzene rings is 2. The van der Waals surface area contributed by atoms with Crippen LogP contribution in [0.5, 0.6) is 11.5 Å². The molecular formula is C32H48ClN3O6. The number of piperidine rings is 1. The number of likely N-dealkylation sites (N-methyl/N-ethyl adjacent to an activating group) is 1. The van der Waals surface area contributed by atoms with E-state index in [0.717, 1.165) is 25.8 Å². The van der Waals surface area contributed by atoms with Crippen molar-refractivity contribution in [1.29, 1.82) is 0 Å². The fourth-order valence-corrected chi connectivity index (χ4v) is 5.19. The van der Waals surface area contributed by atoms with Crippen LogP contribution in [-0.4, -0.2) is 94.1 Å². The molecule has 1 N–H and O–H groups in total. The minimum absolute atomic E-state index is 0. The van der Waals surface area contributed by atoms with E-state index >= 15 is 0 Å². The molecule has 2 aromatic carbocycles. The minimum atomic E-state index is -0.293. The molecule has 1 aliphatic heterocycles. The SMILES string of the molecule is CCN(CCc1ccccc1)C(=O)OC[C@@H]1CNCC(N(C(=O)c2ccc(OC)c(OCCCOC)c2)C(C)C)C1.Cl. The monoisotopic (exact) mass is 605 g/mol. The van der Waals surface area contributed by atoms with Gasteiger partial charge in [-0.1, -0.05) is 30.3 Å². The van der Waals surface area contributed by atoms with Crippen LogP contribution in [0.15, 0.2) is 48.5 Å². The summed E-state index contributed by atoms with van der Waals surface area (Å²) < 4.78 is 22.2. The second-order valence-electron chi connectivity index (χ2n) is 10.7. The average Bonchev–Trinajstić information content (AvgIpc) is 2.99. The van der Waals surface area contributed by atoms with E-state index in [1.807, 2.05) is 43.9 Å². The third-order valence-electron chi connectivity index (χ3n) is 7.36. The molecule has 0 saturated carbocycles. The largest absolute Gasteiger partial charge is 0.493 e. The second-order valence-corrected chi connectivity index (χ2v) is 10.7. The summed E-state index contributed by atoms with van der Waals surface area (Å²) in [5, 5.41) is 3.45. The number of nitrogens with one attached hydrogen (secondary N) is 1. The first-order valence-corrected chi connectivity index (χ1v) is 14.7. The van der Waals surface area contributed by atoms with E-state index < -0.39 is 0 Å². The molecule has 0 aliphatic carbocycles. The Labute approximate surface area is 257 Å². The molecule has 10 heteroatoms. The van der Waals surface area contributed by atoms with Crippen LogP contribution in [0.3, 0.4) is 0 Å². The van der Waals surface area contributed by atoms with Gasteiger partial charge in [-0.3, -0.25) is 4.79 Å². The van der Waals surface area contributed by atoms with Crippen molar-refractivity contribution in [2.24, 2.45) is 5.92 Å². The van der Waals surface area contributed by atoms with Crippen LogP contribution in [0.4, 0.5) is 4.79 Å². The summed E-state index contributed by atoms with van der Waals surface area (Å²) in [5.41, 5.74) is 1.74. The molecule has 1 saturated heterocycles. The first-order valence-electron chi connectivity index (χ1n) is 14.7. The van der Waals surface area contributed by atoms with Gasteiger partial charge in [0.25, 0.3) is 5.91 Å². The highest BCUT2D eigenvalue weighted by molar-refractivity contribution is 5.95. The van der Waals surface area contributed by atoms with Crippen LogP contribution in [0.2, 0.25) is 0 Å². The van der Waals surface area contributed by atoms with Crippen molar-refractivity contribution >= 4 is 24.4 Å². The van der Waals surface area contributed by atoms with Crippen molar-refractivity contribution in [3.8, 4) is 11.5 Å². The van der Waals surface area contributed by atoms with Gasteiger partial charge in [-0.25, -0.2) is 4.79 Å². The standard InChI is InChI=1S/C32H47N3O6.ClH/c1-6-34(16-15-25-11-8-7-9-12-25)32(37)41-23-26-19-28(22-33-21-26)35(24(2)3)31(36)27-13-14-29(39-5)30(20-27)40-18-10-17-38-4;/h7-9,11-14,20,24,26,28,33H,6,10,15-19,21-23H2,1-5H3;1H/t26-,28?;/m0./s1. The Bertz CT molecular complexity index is 1090. The lowest BCUT2D eigenvalue weighted by Gasteiger charge is -2.40. The van der Waals surface area contributed by atoms with E-state index in [2.05, 4.69) is 17.4 Å². The van der Waals surface area contributed by atoms with Crippen LogP contribution in [0, 0.1) is 5.92 Å². The predicted octanol–water partition coefficient (Wildman–Crippen LogP) is 5.06. The molecule has 2 amide bonds. The molecule has 1 heterocycles. The lowest BCUT2D eigenvalue weighted by molar-refractivity contribution is 0.0442. The summed E-state index contributed by atoms with van der Waals surface area (Å²) in [6.45, 7) is 10.0. The molecule has 0 aromatic heterocycles. The number of methoxy groups -OCH3 is 2. The molecule has 0 spiro atoms. The topological polar surface area (TPSA) is 89.6 Å². The normalized spacial score (nSPS) is 16.3. The lowest BCUT2D eigenvalue weighted by atomic mass is 9.94. The van der Waals surface area contributed by atoms with Crippen molar-refractivity contribution in [2.75, 3.05) is 60.2 Å². The molecule has 3 rings (SSSR count). The molecular weight excluding hydrogens is 558 g/mol. The van der Waals surface area contributed by atoms with Gasteiger partial charge in [0.15, 0.2) is 11.5 Å². The summed E-state index contributed by atoms with van der Waals surface area (Å²) in [6.07, 6.45) is 1.97. The number of rotatable bonds is 15. The van der Waals surface area contributed by atoms with E-state index in [1.54, 1.807) is 37.3 Å².